The van der Waals surface area contributed by atoms with Gasteiger partial charge in [0.15, 0.2) is 0 Å². The average Bonchev–Trinajstić information content (AvgIpc) is 3.31. The van der Waals surface area contributed by atoms with E-state index in [4.69, 9.17) is 0 Å². The van der Waals surface area contributed by atoms with Crippen LogP contribution >= 0.6 is 11.3 Å². The summed E-state index contributed by atoms with van der Waals surface area (Å²) in [6.45, 7) is 2.55. The Hall–Kier alpha value is -2.96. The van der Waals surface area contributed by atoms with Crippen LogP contribution in [0.3, 0.4) is 0 Å². The number of nitrogens with zero attached hydrogens (tertiary/aromatic N) is 1. The molecule has 3 aromatic rings. The summed E-state index contributed by atoms with van der Waals surface area (Å²) < 4.78 is 0. The summed E-state index contributed by atoms with van der Waals surface area (Å²) in [7, 11) is 0. The Morgan fingerprint density at radius 2 is 1.71 bits per heavy atom. The van der Waals surface area contributed by atoms with Crippen molar-refractivity contribution in [2.75, 3.05) is 19.6 Å². The molecule has 1 fully saturated rings. The lowest BCUT2D eigenvalue weighted by Crippen LogP contribution is -2.56. The number of benzene rings is 2. The van der Waals surface area contributed by atoms with E-state index in [1.807, 2.05) is 47.8 Å². The minimum Gasteiger partial charge on any atom is -0.355 e. The summed E-state index contributed by atoms with van der Waals surface area (Å²) in [4.78, 5) is 28.7. The Kier molecular flexibility index (Phi) is 7.12. The molecule has 1 atom stereocenters. The number of rotatable bonds is 8. The first-order chi connectivity index (χ1) is 15.2. The summed E-state index contributed by atoms with van der Waals surface area (Å²) >= 11 is 1.67. The Labute approximate surface area is 187 Å². The lowest BCUT2D eigenvalue weighted by Gasteiger charge is -2.34. The Balaban J connectivity index is 1.42. The van der Waals surface area contributed by atoms with Crippen molar-refractivity contribution in [2.45, 2.75) is 24.9 Å². The van der Waals surface area contributed by atoms with Gasteiger partial charge in [0.25, 0.3) is 0 Å². The lowest BCUT2D eigenvalue weighted by molar-refractivity contribution is -0.134. The molecule has 0 aliphatic carbocycles. The van der Waals surface area contributed by atoms with E-state index >= 15 is 0 Å². The second-order valence-electron chi connectivity index (χ2n) is 7.74. The van der Waals surface area contributed by atoms with Gasteiger partial charge in [-0.2, -0.15) is 0 Å². The molecule has 1 aromatic heterocycles. The minimum atomic E-state index is -0.442. The van der Waals surface area contributed by atoms with Gasteiger partial charge < -0.3 is 10.6 Å². The van der Waals surface area contributed by atoms with Crippen LogP contribution < -0.4 is 10.6 Å². The molecule has 160 valence electrons. The molecule has 2 heterocycles. The summed E-state index contributed by atoms with van der Waals surface area (Å²) in [5.74, 6) is -0.107. The van der Waals surface area contributed by atoms with Gasteiger partial charge in [-0.3, -0.25) is 14.5 Å². The van der Waals surface area contributed by atoms with Gasteiger partial charge in [0.2, 0.25) is 11.8 Å². The molecule has 1 unspecified atom stereocenters. The molecule has 0 saturated carbocycles. The standard InChI is InChI=1S/C25H27N3O2S/c29-24(16-23-25(30)26-13-14-28(23)18-21-12-7-15-31-21)27-17-22(19-8-3-1-4-9-19)20-10-5-2-6-11-20/h1-12,15,22-23H,13-14,16-18H2,(H,26,30)(H,27,29). The highest BCUT2D eigenvalue weighted by Crippen LogP contribution is 2.24. The maximum absolute atomic E-state index is 12.9. The molecule has 1 aliphatic heterocycles. The Morgan fingerprint density at radius 3 is 2.32 bits per heavy atom. The lowest BCUT2D eigenvalue weighted by atomic mass is 9.91. The third kappa shape index (κ3) is 5.60. The average molecular weight is 434 g/mol. The molecule has 31 heavy (non-hydrogen) atoms. The normalized spacial score (nSPS) is 16.8. The van der Waals surface area contributed by atoms with E-state index in [0.717, 1.165) is 17.7 Å². The molecule has 0 spiro atoms. The van der Waals surface area contributed by atoms with Crippen LogP contribution in [0.25, 0.3) is 0 Å². The van der Waals surface area contributed by atoms with Crippen molar-refractivity contribution >= 4 is 23.2 Å². The maximum Gasteiger partial charge on any atom is 0.237 e. The van der Waals surface area contributed by atoms with Crippen LogP contribution in [-0.2, 0) is 16.1 Å². The second-order valence-corrected chi connectivity index (χ2v) is 8.77. The number of nitrogens with one attached hydrogen (secondary N) is 2. The maximum atomic E-state index is 12.9. The third-order valence-electron chi connectivity index (χ3n) is 5.67. The Bertz CT molecular complexity index is 937. The highest BCUT2D eigenvalue weighted by molar-refractivity contribution is 7.09. The molecular formula is C25H27N3O2S. The molecule has 0 bridgehead atoms. The topological polar surface area (TPSA) is 61.4 Å². The minimum absolute atomic E-state index is 0.0637. The zero-order valence-electron chi connectivity index (χ0n) is 17.4. The smallest absolute Gasteiger partial charge is 0.237 e. The molecule has 0 radical (unpaired) electrons. The highest BCUT2D eigenvalue weighted by atomic mass is 32.1. The van der Waals surface area contributed by atoms with Gasteiger partial charge >= 0.3 is 0 Å². The molecule has 2 N–H and O–H groups in total. The zero-order chi connectivity index (χ0) is 21.5. The van der Waals surface area contributed by atoms with E-state index in [0.29, 0.717) is 19.6 Å². The van der Waals surface area contributed by atoms with E-state index < -0.39 is 6.04 Å². The largest absolute Gasteiger partial charge is 0.355 e. The van der Waals surface area contributed by atoms with Gasteiger partial charge in [0.05, 0.1) is 12.5 Å². The molecule has 6 heteroatoms. The SMILES string of the molecule is O=C(CC1C(=O)NCCN1Cc1cccs1)NCC(c1ccccc1)c1ccccc1. The van der Waals surface area contributed by atoms with Crippen molar-refractivity contribution in [2.24, 2.45) is 0 Å². The van der Waals surface area contributed by atoms with Gasteiger partial charge in [-0.05, 0) is 22.6 Å². The summed E-state index contributed by atoms with van der Waals surface area (Å²) in [5.41, 5.74) is 2.31. The van der Waals surface area contributed by atoms with E-state index in [9.17, 15) is 9.59 Å². The van der Waals surface area contributed by atoms with Gasteiger partial charge in [0.1, 0.15) is 0 Å². The van der Waals surface area contributed by atoms with E-state index in [1.54, 1.807) is 11.3 Å². The van der Waals surface area contributed by atoms with Crippen molar-refractivity contribution in [3.05, 3.63) is 94.2 Å². The Morgan fingerprint density at radius 1 is 1.03 bits per heavy atom. The molecule has 2 amide bonds. The monoisotopic (exact) mass is 433 g/mol. The van der Waals surface area contributed by atoms with Crippen molar-refractivity contribution < 1.29 is 9.59 Å². The molecule has 1 saturated heterocycles. The quantitative estimate of drug-likeness (QED) is 0.573. The predicted octanol–water partition coefficient (Wildman–Crippen LogP) is 3.39. The number of carbonyl (C=O) groups excluding carboxylic acids is 2. The first kappa shape index (κ1) is 21.3. The van der Waals surface area contributed by atoms with Crippen LogP contribution in [0.2, 0.25) is 0 Å². The fourth-order valence-corrected chi connectivity index (χ4v) is 4.77. The number of thiophene rings is 1. The van der Waals surface area contributed by atoms with E-state index in [1.165, 1.54) is 4.88 Å². The van der Waals surface area contributed by atoms with Crippen LogP contribution in [0.4, 0.5) is 0 Å². The summed E-state index contributed by atoms with van der Waals surface area (Å²) in [6.07, 6.45) is 0.160. The number of carbonyl (C=O) groups is 2. The van der Waals surface area contributed by atoms with Gasteiger partial charge in [0, 0.05) is 37.0 Å². The third-order valence-corrected chi connectivity index (χ3v) is 6.53. The van der Waals surface area contributed by atoms with Gasteiger partial charge in [-0.15, -0.1) is 11.3 Å². The summed E-state index contributed by atoms with van der Waals surface area (Å²) in [6, 6.07) is 24.0. The number of hydrogen-bond acceptors (Lipinski definition) is 4. The van der Waals surface area contributed by atoms with Crippen LogP contribution in [-0.4, -0.2) is 42.4 Å². The van der Waals surface area contributed by atoms with Gasteiger partial charge in [-0.1, -0.05) is 66.7 Å². The van der Waals surface area contributed by atoms with E-state index in [2.05, 4.69) is 45.9 Å². The van der Waals surface area contributed by atoms with Gasteiger partial charge in [-0.25, -0.2) is 0 Å². The fraction of sp³-hybridized carbons (Fsp3) is 0.280. The van der Waals surface area contributed by atoms with Crippen LogP contribution in [0.15, 0.2) is 78.2 Å². The fourth-order valence-electron chi connectivity index (χ4n) is 4.04. The molecule has 4 rings (SSSR count). The van der Waals surface area contributed by atoms with Crippen LogP contribution in [0.5, 0.6) is 0 Å². The van der Waals surface area contributed by atoms with Crippen LogP contribution in [0.1, 0.15) is 28.3 Å². The molecule has 2 aromatic carbocycles. The molecule has 1 aliphatic rings. The predicted molar refractivity (Wildman–Crippen MR) is 124 cm³/mol. The van der Waals surface area contributed by atoms with E-state index in [-0.39, 0.29) is 24.2 Å². The van der Waals surface area contributed by atoms with Crippen molar-refractivity contribution in [3.63, 3.8) is 0 Å². The number of amides is 2. The first-order valence-electron chi connectivity index (χ1n) is 10.6. The number of hydrogen-bond donors (Lipinski definition) is 2. The highest BCUT2D eigenvalue weighted by Gasteiger charge is 2.32. The van der Waals surface area contributed by atoms with Crippen LogP contribution in [0, 0.1) is 0 Å². The zero-order valence-corrected chi connectivity index (χ0v) is 18.2. The van der Waals surface area contributed by atoms with Crippen molar-refractivity contribution in [3.8, 4) is 0 Å². The van der Waals surface area contributed by atoms with Crippen molar-refractivity contribution in [1.82, 2.24) is 15.5 Å². The summed E-state index contributed by atoms with van der Waals surface area (Å²) in [5, 5.41) is 8.03. The number of piperazine rings is 1. The molecule has 5 nitrogen and oxygen atoms in total. The first-order valence-corrected chi connectivity index (χ1v) is 11.5. The second kappa shape index (κ2) is 10.4. The van der Waals surface area contributed by atoms with Crippen molar-refractivity contribution in [1.29, 1.82) is 0 Å². The molecular weight excluding hydrogens is 406 g/mol.